The fraction of sp³-hybridized carbons (Fsp3) is 0.455. The number of nitro groups is 1. The first-order chi connectivity index (χ1) is 7.91. The number of nitrogens with zero attached hydrogens (tertiary/aromatic N) is 1. The number of non-ortho nitro benzene ring substituents is 1. The molecule has 5 nitrogen and oxygen atoms in total. The Hall–Kier alpha value is -1.33. The highest BCUT2D eigenvalue weighted by atomic mass is 35.5. The third kappa shape index (κ3) is 3.87. The van der Waals surface area contributed by atoms with Crippen LogP contribution in [0.1, 0.15) is 13.8 Å². The summed E-state index contributed by atoms with van der Waals surface area (Å²) in [6.45, 7) is 4.64. The first kappa shape index (κ1) is 13.7. The quantitative estimate of drug-likeness (QED) is 0.628. The zero-order chi connectivity index (χ0) is 13.0. The van der Waals surface area contributed by atoms with Crippen molar-refractivity contribution in [3.63, 3.8) is 0 Å². The van der Waals surface area contributed by atoms with E-state index in [9.17, 15) is 10.1 Å². The Labute approximate surface area is 105 Å². The van der Waals surface area contributed by atoms with Gasteiger partial charge in [-0.3, -0.25) is 10.1 Å². The first-order valence-corrected chi connectivity index (χ1v) is 5.73. The molecule has 0 fully saturated rings. The summed E-state index contributed by atoms with van der Waals surface area (Å²) < 4.78 is 0. The normalized spacial score (nSPS) is 12.5. The van der Waals surface area contributed by atoms with Gasteiger partial charge in [0.25, 0.3) is 5.69 Å². The SMILES string of the molecule is CC(C)C(N)CNc1ccc([N+](=O)[O-])cc1Cl. The Morgan fingerprint density at radius 1 is 1.53 bits per heavy atom. The monoisotopic (exact) mass is 257 g/mol. The van der Waals surface area contributed by atoms with Crippen LogP contribution in [0.4, 0.5) is 11.4 Å². The van der Waals surface area contributed by atoms with Crippen molar-refractivity contribution in [2.45, 2.75) is 19.9 Å². The van der Waals surface area contributed by atoms with E-state index in [1.54, 1.807) is 6.07 Å². The summed E-state index contributed by atoms with van der Waals surface area (Å²) in [7, 11) is 0. The van der Waals surface area contributed by atoms with Crippen molar-refractivity contribution in [3.8, 4) is 0 Å². The zero-order valence-corrected chi connectivity index (χ0v) is 10.6. The predicted octanol–water partition coefficient (Wildman–Crippen LogP) is 2.64. The maximum Gasteiger partial charge on any atom is 0.271 e. The summed E-state index contributed by atoms with van der Waals surface area (Å²) in [5.74, 6) is 0.360. The van der Waals surface area contributed by atoms with Gasteiger partial charge in [-0.05, 0) is 12.0 Å². The van der Waals surface area contributed by atoms with Crippen LogP contribution >= 0.6 is 11.6 Å². The third-order valence-corrected chi connectivity index (χ3v) is 2.86. The zero-order valence-electron chi connectivity index (χ0n) is 9.81. The molecule has 0 heterocycles. The minimum Gasteiger partial charge on any atom is -0.382 e. The van der Waals surface area contributed by atoms with Gasteiger partial charge in [-0.2, -0.15) is 0 Å². The van der Waals surface area contributed by atoms with Gasteiger partial charge in [-0.1, -0.05) is 25.4 Å². The molecule has 0 saturated heterocycles. The summed E-state index contributed by atoms with van der Waals surface area (Å²) in [4.78, 5) is 10.0. The molecule has 0 amide bonds. The van der Waals surface area contributed by atoms with Crippen LogP contribution in [0.5, 0.6) is 0 Å². The average Bonchev–Trinajstić information content (AvgIpc) is 2.26. The van der Waals surface area contributed by atoms with E-state index in [1.807, 2.05) is 13.8 Å². The minimum absolute atomic E-state index is 0.0151. The molecule has 0 bridgehead atoms. The van der Waals surface area contributed by atoms with Gasteiger partial charge in [0.2, 0.25) is 0 Å². The van der Waals surface area contributed by atoms with Crippen molar-refractivity contribution >= 4 is 23.0 Å². The van der Waals surface area contributed by atoms with Crippen molar-refractivity contribution in [1.29, 1.82) is 0 Å². The van der Waals surface area contributed by atoms with Crippen LogP contribution < -0.4 is 11.1 Å². The lowest BCUT2D eigenvalue weighted by Crippen LogP contribution is -2.34. The highest BCUT2D eigenvalue weighted by Gasteiger charge is 2.11. The van der Waals surface area contributed by atoms with E-state index in [1.165, 1.54) is 12.1 Å². The van der Waals surface area contributed by atoms with E-state index in [2.05, 4.69) is 5.32 Å². The summed E-state index contributed by atoms with van der Waals surface area (Å²) in [6, 6.07) is 4.34. The van der Waals surface area contributed by atoms with E-state index in [-0.39, 0.29) is 11.7 Å². The number of rotatable bonds is 5. The topological polar surface area (TPSA) is 81.2 Å². The average molecular weight is 258 g/mol. The molecule has 1 atom stereocenters. The lowest BCUT2D eigenvalue weighted by molar-refractivity contribution is -0.384. The predicted molar refractivity (Wildman–Crippen MR) is 69.4 cm³/mol. The summed E-state index contributed by atoms with van der Waals surface area (Å²) in [5, 5.41) is 13.9. The van der Waals surface area contributed by atoms with E-state index < -0.39 is 4.92 Å². The van der Waals surface area contributed by atoms with Crippen LogP contribution in [-0.2, 0) is 0 Å². The van der Waals surface area contributed by atoms with E-state index >= 15 is 0 Å². The van der Waals surface area contributed by atoms with Crippen LogP contribution in [0.2, 0.25) is 5.02 Å². The molecule has 1 aromatic carbocycles. The van der Waals surface area contributed by atoms with Crippen LogP contribution in [0, 0.1) is 16.0 Å². The van der Waals surface area contributed by atoms with Gasteiger partial charge < -0.3 is 11.1 Å². The van der Waals surface area contributed by atoms with Crippen molar-refractivity contribution in [1.82, 2.24) is 0 Å². The Bertz CT molecular complexity index is 410. The highest BCUT2D eigenvalue weighted by molar-refractivity contribution is 6.33. The van der Waals surface area contributed by atoms with E-state index in [0.717, 1.165) is 0 Å². The van der Waals surface area contributed by atoms with Crippen LogP contribution in [0.3, 0.4) is 0 Å². The van der Waals surface area contributed by atoms with Crippen LogP contribution in [-0.4, -0.2) is 17.5 Å². The Kier molecular flexibility index (Phi) is 4.72. The first-order valence-electron chi connectivity index (χ1n) is 5.35. The molecule has 0 aliphatic rings. The van der Waals surface area contributed by atoms with Crippen molar-refractivity contribution in [3.05, 3.63) is 33.3 Å². The van der Waals surface area contributed by atoms with Gasteiger partial charge in [0, 0.05) is 24.7 Å². The Morgan fingerprint density at radius 2 is 2.18 bits per heavy atom. The number of hydrogen-bond donors (Lipinski definition) is 2. The lowest BCUT2D eigenvalue weighted by atomic mass is 10.1. The van der Waals surface area contributed by atoms with Crippen LogP contribution in [0.25, 0.3) is 0 Å². The number of nitro benzene ring substituents is 1. The van der Waals surface area contributed by atoms with E-state index in [4.69, 9.17) is 17.3 Å². The van der Waals surface area contributed by atoms with Gasteiger partial charge in [0.05, 0.1) is 15.6 Å². The molecule has 3 N–H and O–H groups in total. The molecule has 0 aliphatic heterocycles. The van der Waals surface area contributed by atoms with Crippen molar-refractivity contribution in [2.24, 2.45) is 11.7 Å². The molecule has 94 valence electrons. The van der Waals surface area contributed by atoms with Gasteiger partial charge in [0.15, 0.2) is 0 Å². The van der Waals surface area contributed by atoms with Gasteiger partial charge in [0.1, 0.15) is 0 Å². The summed E-state index contributed by atoms with van der Waals surface area (Å²) >= 11 is 5.93. The second-order valence-electron chi connectivity index (χ2n) is 4.21. The van der Waals surface area contributed by atoms with Gasteiger partial charge in [-0.25, -0.2) is 0 Å². The van der Waals surface area contributed by atoms with E-state index in [0.29, 0.717) is 23.2 Å². The third-order valence-electron chi connectivity index (χ3n) is 2.55. The molecule has 6 heteroatoms. The fourth-order valence-electron chi connectivity index (χ4n) is 1.22. The largest absolute Gasteiger partial charge is 0.382 e. The molecule has 0 spiro atoms. The van der Waals surface area contributed by atoms with Gasteiger partial charge >= 0.3 is 0 Å². The smallest absolute Gasteiger partial charge is 0.271 e. The maximum absolute atomic E-state index is 10.5. The molecule has 1 rings (SSSR count). The molecule has 17 heavy (non-hydrogen) atoms. The number of anilines is 1. The lowest BCUT2D eigenvalue weighted by Gasteiger charge is -2.17. The Balaban J connectivity index is 2.70. The number of benzene rings is 1. The molecular formula is C11H16ClN3O2. The Morgan fingerprint density at radius 3 is 2.65 bits per heavy atom. The molecule has 0 aliphatic carbocycles. The number of nitrogens with one attached hydrogen (secondary N) is 1. The standard InChI is InChI=1S/C11H16ClN3O2/c1-7(2)10(13)6-14-11-4-3-8(15(16)17)5-9(11)12/h3-5,7,10,14H,6,13H2,1-2H3. The number of hydrogen-bond acceptors (Lipinski definition) is 4. The molecule has 0 saturated carbocycles. The van der Waals surface area contributed by atoms with Crippen molar-refractivity contribution < 1.29 is 4.92 Å². The minimum atomic E-state index is -0.477. The maximum atomic E-state index is 10.5. The molecule has 0 aromatic heterocycles. The summed E-state index contributed by atoms with van der Waals surface area (Å²) in [6.07, 6.45) is 0. The molecule has 1 aromatic rings. The summed E-state index contributed by atoms with van der Waals surface area (Å²) in [5.41, 5.74) is 6.52. The second-order valence-corrected chi connectivity index (χ2v) is 4.62. The second kappa shape index (κ2) is 5.84. The van der Waals surface area contributed by atoms with Gasteiger partial charge in [-0.15, -0.1) is 0 Å². The molecule has 0 radical (unpaired) electrons. The fourth-order valence-corrected chi connectivity index (χ4v) is 1.47. The number of halogens is 1. The van der Waals surface area contributed by atoms with Crippen LogP contribution in [0.15, 0.2) is 18.2 Å². The molecule has 1 unspecified atom stereocenters. The molecular weight excluding hydrogens is 242 g/mol. The number of nitrogens with two attached hydrogens (primary N) is 1. The highest BCUT2D eigenvalue weighted by Crippen LogP contribution is 2.26. The van der Waals surface area contributed by atoms with Crippen molar-refractivity contribution in [2.75, 3.05) is 11.9 Å².